The van der Waals surface area contributed by atoms with Crippen molar-refractivity contribution in [1.29, 1.82) is 0 Å². The van der Waals surface area contributed by atoms with E-state index in [1.807, 2.05) is 24.4 Å². The molecule has 0 amide bonds. The Labute approximate surface area is 132 Å². The van der Waals surface area contributed by atoms with Crippen LogP contribution in [0.3, 0.4) is 0 Å². The first-order valence-corrected chi connectivity index (χ1v) is 8.02. The van der Waals surface area contributed by atoms with Crippen molar-refractivity contribution in [3.8, 4) is 27.6 Å². The van der Waals surface area contributed by atoms with E-state index in [-0.39, 0.29) is 0 Å². The van der Waals surface area contributed by atoms with Crippen LogP contribution in [0.2, 0.25) is 0 Å². The number of nitrogens with one attached hydrogen (secondary N) is 1. The second-order valence-electron chi connectivity index (χ2n) is 5.15. The fourth-order valence-electron chi connectivity index (χ4n) is 2.56. The largest absolute Gasteiger partial charge is 0.490 e. The molecule has 0 spiro atoms. The van der Waals surface area contributed by atoms with Crippen molar-refractivity contribution in [2.45, 2.75) is 6.92 Å². The van der Waals surface area contributed by atoms with Gasteiger partial charge in [-0.15, -0.1) is 11.3 Å². The van der Waals surface area contributed by atoms with E-state index < -0.39 is 0 Å². The number of hydrogen-bond donors (Lipinski definition) is 1. The molecule has 0 aliphatic carbocycles. The lowest BCUT2D eigenvalue weighted by Crippen LogP contribution is -2.17. The van der Waals surface area contributed by atoms with Gasteiger partial charge in [-0.1, -0.05) is 0 Å². The molecule has 1 aliphatic rings. The van der Waals surface area contributed by atoms with E-state index in [1.54, 1.807) is 17.5 Å². The molecule has 1 N–H and O–H groups in total. The number of benzene rings is 1. The van der Waals surface area contributed by atoms with E-state index >= 15 is 0 Å². The van der Waals surface area contributed by atoms with E-state index in [9.17, 15) is 0 Å². The molecule has 5 heteroatoms. The third-order valence-electron chi connectivity index (χ3n) is 3.63. The molecule has 2 aromatic heterocycles. The van der Waals surface area contributed by atoms with Gasteiger partial charge in [-0.2, -0.15) is 0 Å². The lowest BCUT2D eigenvalue weighted by molar-refractivity contribution is 0.323. The van der Waals surface area contributed by atoms with Gasteiger partial charge in [0.25, 0.3) is 0 Å². The number of fused-ring (bicyclic) bond motifs is 1. The van der Waals surface area contributed by atoms with Gasteiger partial charge in [-0.25, -0.2) is 4.98 Å². The van der Waals surface area contributed by atoms with Gasteiger partial charge >= 0.3 is 0 Å². The van der Waals surface area contributed by atoms with Crippen molar-refractivity contribution < 1.29 is 4.74 Å². The van der Waals surface area contributed by atoms with Crippen molar-refractivity contribution in [1.82, 2.24) is 9.97 Å². The van der Waals surface area contributed by atoms with E-state index in [0.717, 1.165) is 39.8 Å². The maximum atomic E-state index is 5.63. The molecule has 0 bridgehead atoms. The molecule has 1 aromatic carbocycles. The monoisotopic (exact) mass is 309 g/mol. The Morgan fingerprint density at radius 1 is 1.23 bits per heavy atom. The first-order valence-electron chi connectivity index (χ1n) is 7.20. The van der Waals surface area contributed by atoms with Crippen LogP contribution in [0.5, 0.6) is 5.75 Å². The Balaban J connectivity index is 1.75. The number of ether oxygens (including phenoxy) is 1. The predicted molar refractivity (Wildman–Crippen MR) is 89.5 cm³/mol. The molecule has 0 radical (unpaired) electrons. The number of nitrogens with zero attached hydrogens (tertiary/aromatic N) is 2. The molecule has 110 valence electrons. The highest BCUT2D eigenvalue weighted by Gasteiger charge is 2.15. The van der Waals surface area contributed by atoms with E-state index in [1.165, 1.54) is 4.88 Å². The summed E-state index contributed by atoms with van der Waals surface area (Å²) in [7, 11) is 0. The zero-order chi connectivity index (χ0) is 14.9. The van der Waals surface area contributed by atoms with Gasteiger partial charge in [0.15, 0.2) is 0 Å². The molecule has 0 saturated carbocycles. The van der Waals surface area contributed by atoms with Crippen molar-refractivity contribution in [3.63, 3.8) is 0 Å². The lowest BCUT2D eigenvalue weighted by atomic mass is 10.1. The second kappa shape index (κ2) is 5.42. The highest BCUT2D eigenvalue weighted by Crippen LogP contribution is 2.36. The van der Waals surface area contributed by atoms with Crippen LogP contribution in [0.4, 0.5) is 5.69 Å². The van der Waals surface area contributed by atoms with Gasteiger partial charge in [-0.05, 0) is 37.3 Å². The van der Waals surface area contributed by atoms with Gasteiger partial charge in [-0.3, -0.25) is 4.98 Å². The molecule has 0 atom stereocenters. The number of pyridine rings is 1. The van der Waals surface area contributed by atoms with Crippen molar-refractivity contribution in [2.24, 2.45) is 0 Å². The van der Waals surface area contributed by atoms with Crippen molar-refractivity contribution >= 4 is 17.0 Å². The van der Waals surface area contributed by atoms with Gasteiger partial charge in [0.05, 0.1) is 11.4 Å². The summed E-state index contributed by atoms with van der Waals surface area (Å²) < 4.78 is 5.63. The Morgan fingerprint density at radius 2 is 2.18 bits per heavy atom. The Hall–Kier alpha value is -2.40. The number of rotatable bonds is 2. The molecular formula is C17H15N3OS. The van der Waals surface area contributed by atoms with Gasteiger partial charge in [0.2, 0.25) is 0 Å². The SMILES string of the molecule is Cc1sc(-c2cccnc2)nc1-c1ccc2c(c1)NCCO2. The summed E-state index contributed by atoms with van der Waals surface area (Å²) >= 11 is 1.70. The number of thiazole rings is 1. The summed E-state index contributed by atoms with van der Waals surface area (Å²) in [6, 6.07) is 10.2. The Bertz CT molecular complexity index is 814. The van der Waals surface area contributed by atoms with Crippen LogP contribution in [0, 0.1) is 6.92 Å². The van der Waals surface area contributed by atoms with Crippen LogP contribution in [0.15, 0.2) is 42.7 Å². The maximum absolute atomic E-state index is 5.63. The van der Waals surface area contributed by atoms with Crippen LogP contribution in [0.1, 0.15) is 4.88 Å². The minimum atomic E-state index is 0.716. The highest BCUT2D eigenvalue weighted by atomic mass is 32.1. The van der Waals surface area contributed by atoms with Crippen LogP contribution < -0.4 is 10.1 Å². The molecule has 0 saturated heterocycles. The van der Waals surface area contributed by atoms with Crippen molar-refractivity contribution in [2.75, 3.05) is 18.5 Å². The smallest absolute Gasteiger partial charge is 0.142 e. The predicted octanol–water partition coefficient (Wildman–Crippen LogP) is 3.98. The average Bonchev–Trinajstić information content (AvgIpc) is 2.97. The van der Waals surface area contributed by atoms with Gasteiger partial charge < -0.3 is 10.1 Å². The first-order chi connectivity index (χ1) is 10.8. The lowest BCUT2D eigenvalue weighted by Gasteiger charge is -2.19. The van der Waals surface area contributed by atoms with Crippen molar-refractivity contribution in [3.05, 3.63) is 47.6 Å². The summed E-state index contributed by atoms with van der Waals surface area (Å²) in [6.45, 7) is 3.66. The quantitative estimate of drug-likeness (QED) is 0.777. The molecular weight excluding hydrogens is 294 g/mol. The number of aryl methyl sites for hydroxylation is 1. The van der Waals surface area contributed by atoms with Crippen LogP contribution in [-0.2, 0) is 0 Å². The highest BCUT2D eigenvalue weighted by molar-refractivity contribution is 7.15. The molecule has 1 aliphatic heterocycles. The molecule has 3 heterocycles. The van der Waals surface area contributed by atoms with Crippen LogP contribution >= 0.6 is 11.3 Å². The van der Waals surface area contributed by atoms with E-state index in [0.29, 0.717) is 6.61 Å². The Morgan fingerprint density at radius 3 is 3.05 bits per heavy atom. The zero-order valence-electron chi connectivity index (χ0n) is 12.2. The van der Waals surface area contributed by atoms with Gasteiger partial charge in [0, 0.05) is 34.9 Å². The Kier molecular flexibility index (Phi) is 3.27. The summed E-state index contributed by atoms with van der Waals surface area (Å²) in [5.74, 6) is 0.912. The van der Waals surface area contributed by atoms with E-state index in [2.05, 4.69) is 29.4 Å². The average molecular weight is 309 g/mol. The molecule has 4 rings (SSSR count). The molecule has 4 nitrogen and oxygen atoms in total. The molecule has 3 aromatic rings. The number of anilines is 1. The topological polar surface area (TPSA) is 47.0 Å². The third kappa shape index (κ3) is 2.33. The van der Waals surface area contributed by atoms with Crippen LogP contribution in [0.25, 0.3) is 21.8 Å². The zero-order valence-corrected chi connectivity index (χ0v) is 13.0. The summed E-state index contributed by atoms with van der Waals surface area (Å²) in [5, 5.41) is 4.37. The standard InChI is InChI=1S/C17H15N3OS/c1-11-16(20-17(22-11)13-3-2-6-18-10-13)12-4-5-15-14(9-12)19-7-8-21-15/h2-6,9-10,19H,7-8H2,1H3. The maximum Gasteiger partial charge on any atom is 0.142 e. The normalized spacial score (nSPS) is 13.1. The van der Waals surface area contributed by atoms with Gasteiger partial charge in [0.1, 0.15) is 17.4 Å². The molecule has 22 heavy (non-hydrogen) atoms. The molecule has 0 unspecified atom stereocenters. The minimum Gasteiger partial charge on any atom is -0.490 e. The fraction of sp³-hybridized carbons (Fsp3) is 0.176. The number of aromatic nitrogens is 2. The van der Waals surface area contributed by atoms with Crippen LogP contribution in [-0.4, -0.2) is 23.1 Å². The second-order valence-corrected chi connectivity index (χ2v) is 6.35. The fourth-order valence-corrected chi connectivity index (χ4v) is 3.49. The third-order valence-corrected chi connectivity index (χ3v) is 4.65. The summed E-state index contributed by atoms with van der Waals surface area (Å²) in [5.41, 5.74) is 4.24. The summed E-state index contributed by atoms with van der Waals surface area (Å²) in [4.78, 5) is 10.2. The minimum absolute atomic E-state index is 0.716. The first kappa shape index (κ1) is 13.3. The van der Waals surface area contributed by atoms with E-state index in [4.69, 9.17) is 9.72 Å². The summed E-state index contributed by atoms with van der Waals surface area (Å²) in [6.07, 6.45) is 3.63. The molecule has 0 fully saturated rings. The number of hydrogen-bond acceptors (Lipinski definition) is 5.